The van der Waals surface area contributed by atoms with E-state index in [-0.39, 0.29) is 6.04 Å². The fourth-order valence-corrected chi connectivity index (χ4v) is 2.86. The Kier molecular flexibility index (Phi) is 3.64. The standard InChI is InChI=1S/C13H23N3/c1-3-7-16-9-11(8-15-16)13(14)12-6-4-5-10(12)2/h8-10,12-13H,3-7,14H2,1-2H3. The average Bonchev–Trinajstić information content (AvgIpc) is 2.87. The second-order valence-corrected chi connectivity index (χ2v) is 5.13. The smallest absolute Gasteiger partial charge is 0.0537 e. The number of nitrogens with two attached hydrogens (primary N) is 1. The Hall–Kier alpha value is -0.830. The van der Waals surface area contributed by atoms with Crippen LogP contribution in [0, 0.1) is 11.8 Å². The van der Waals surface area contributed by atoms with Gasteiger partial charge in [0.1, 0.15) is 0 Å². The van der Waals surface area contributed by atoms with Gasteiger partial charge in [0.05, 0.1) is 6.20 Å². The molecule has 2 N–H and O–H groups in total. The first kappa shape index (κ1) is 11.6. The van der Waals surface area contributed by atoms with E-state index in [0.29, 0.717) is 5.92 Å². The maximum absolute atomic E-state index is 6.35. The van der Waals surface area contributed by atoms with E-state index in [0.717, 1.165) is 18.9 Å². The third-order valence-corrected chi connectivity index (χ3v) is 3.88. The lowest BCUT2D eigenvalue weighted by Crippen LogP contribution is -2.22. The third-order valence-electron chi connectivity index (χ3n) is 3.88. The Bertz CT molecular complexity index is 332. The van der Waals surface area contributed by atoms with Crippen LogP contribution in [-0.2, 0) is 6.54 Å². The van der Waals surface area contributed by atoms with Gasteiger partial charge in [0, 0.05) is 24.3 Å². The van der Waals surface area contributed by atoms with Gasteiger partial charge in [-0.3, -0.25) is 4.68 Å². The highest BCUT2D eigenvalue weighted by Crippen LogP contribution is 2.38. The molecule has 1 aliphatic carbocycles. The van der Waals surface area contributed by atoms with Crippen molar-refractivity contribution in [3.05, 3.63) is 18.0 Å². The molecule has 1 aromatic heterocycles. The number of hydrogen-bond acceptors (Lipinski definition) is 2. The Morgan fingerprint density at radius 2 is 2.38 bits per heavy atom. The summed E-state index contributed by atoms with van der Waals surface area (Å²) in [6.45, 7) is 5.49. The maximum Gasteiger partial charge on any atom is 0.0537 e. The fourth-order valence-electron chi connectivity index (χ4n) is 2.86. The van der Waals surface area contributed by atoms with Crippen LogP contribution in [0.25, 0.3) is 0 Å². The van der Waals surface area contributed by atoms with Crippen LogP contribution in [0.3, 0.4) is 0 Å². The monoisotopic (exact) mass is 221 g/mol. The van der Waals surface area contributed by atoms with Crippen molar-refractivity contribution >= 4 is 0 Å². The topological polar surface area (TPSA) is 43.8 Å². The zero-order valence-corrected chi connectivity index (χ0v) is 10.4. The molecular weight excluding hydrogens is 198 g/mol. The van der Waals surface area contributed by atoms with E-state index < -0.39 is 0 Å². The van der Waals surface area contributed by atoms with Crippen molar-refractivity contribution in [2.45, 2.75) is 52.1 Å². The Morgan fingerprint density at radius 3 is 3.00 bits per heavy atom. The van der Waals surface area contributed by atoms with E-state index in [1.807, 2.05) is 10.9 Å². The molecule has 16 heavy (non-hydrogen) atoms. The van der Waals surface area contributed by atoms with Gasteiger partial charge in [0.15, 0.2) is 0 Å². The van der Waals surface area contributed by atoms with Gasteiger partial charge >= 0.3 is 0 Å². The Balaban J connectivity index is 2.04. The van der Waals surface area contributed by atoms with Gasteiger partial charge in [-0.05, 0) is 24.7 Å². The molecule has 3 atom stereocenters. The molecule has 0 spiro atoms. The SMILES string of the molecule is CCCn1cc(C(N)C2CCCC2C)cn1. The van der Waals surface area contributed by atoms with Gasteiger partial charge in [-0.2, -0.15) is 5.10 Å². The highest BCUT2D eigenvalue weighted by molar-refractivity contribution is 5.12. The number of nitrogens with zero attached hydrogens (tertiary/aromatic N) is 2. The predicted molar refractivity (Wildman–Crippen MR) is 66.0 cm³/mol. The summed E-state index contributed by atoms with van der Waals surface area (Å²) in [5.41, 5.74) is 7.56. The molecule has 3 nitrogen and oxygen atoms in total. The zero-order valence-electron chi connectivity index (χ0n) is 10.4. The van der Waals surface area contributed by atoms with E-state index in [9.17, 15) is 0 Å². The summed E-state index contributed by atoms with van der Waals surface area (Å²) < 4.78 is 2.01. The molecule has 0 amide bonds. The summed E-state index contributed by atoms with van der Waals surface area (Å²) in [5.74, 6) is 1.42. The van der Waals surface area contributed by atoms with E-state index in [1.165, 1.54) is 24.8 Å². The first-order valence-corrected chi connectivity index (χ1v) is 6.50. The van der Waals surface area contributed by atoms with Crippen LogP contribution in [-0.4, -0.2) is 9.78 Å². The van der Waals surface area contributed by atoms with Crippen LogP contribution in [0.1, 0.15) is 51.1 Å². The van der Waals surface area contributed by atoms with Gasteiger partial charge in [-0.15, -0.1) is 0 Å². The fraction of sp³-hybridized carbons (Fsp3) is 0.769. The highest BCUT2D eigenvalue weighted by Gasteiger charge is 2.30. The van der Waals surface area contributed by atoms with Crippen molar-refractivity contribution < 1.29 is 0 Å². The molecule has 0 saturated heterocycles. The summed E-state index contributed by atoms with van der Waals surface area (Å²) in [6.07, 6.45) is 9.14. The van der Waals surface area contributed by atoms with Crippen molar-refractivity contribution in [2.75, 3.05) is 0 Å². The maximum atomic E-state index is 6.35. The van der Waals surface area contributed by atoms with Crippen LogP contribution < -0.4 is 5.73 Å². The minimum Gasteiger partial charge on any atom is -0.324 e. The second-order valence-electron chi connectivity index (χ2n) is 5.13. The largest absolute Gasteiger partial charge is 0.324 e. The van der Waals surface area contributed by atoms with Gasteiger partial charge in [0.25, 0.3) is 0 Å². The molecule has 0 bridgehead atoms. The van der Waals surface area contributed by atoms with Crippen molar-refractivity contribution in [3.8, 4) is 0 Å². The quantitative estimate of drug-likeness (QED) is 0.849. The van der Waals surface area contributed by atoms with Crippen LogP contribution in [0.2, 0.25) is 0 Å². The molecule has 90 valence electrons. The molecule has 1 aliphatic rings. The molecule has 0 aromatic carbocycles. The molecular formula is C13H23N3. The van der Waals surface area contributed by atoms with Crippen LogP contribution >= 0.6 is 0 Å². The molecule has 2 rings (SSSR count). The van der Waals surface area contributed by atoms with E-state index >= 15 is 0 Å². The average molecular weight is 221 g/mol. The van der Waals surface area contributed by atoms with E-state index in [4.69, 9.17) is 5.73 Å². The number of hydrogen-bond donors (Lipinski definition) is 1. The van der Waals surface area contributed by atoms with E-state index in [2.05, 4.69) is 25.1 Å². The van der Waals surface area contributed by atoms with Crippen LogP contribution in [0.4, 0.5) is 0 Å². The molecule has 1 saturated carbocycles. The molecule has 0 radical (unpaired) electrons. The Labute approximate surface area is 98.0 Å². The first-order chi connectivity index (χ1) is 7.72. The van der Waals surface area contributed by atoms with Gasteiger partial charge in [-0.1, -0.05) is 26.7 Å². The summed E-state index contributed by atoms with van der Waals surface area (Å²) >= 11 is 0. The lowest BCUT2D eigenvalue weighted by atomic mass is 9.88. The normalized spacial score (nSPS) is 27.2. The van der Waals surface area contributed by atoms with Gasteiger partial charge < -0.3 is 5.73 Å². The van der Waals surface area contributed by atoms with Gasteiger partial charge in [-0.25, -0.2) is 0 Å². The highest BCUT2D eigenvalue weighted by atomic mass is 15.3. The molecule has 1 fully saturated rings. The Morgan fingerprint density at radius 1 is 1.56 bits per heavy atom. The lowest BCUT2D eigenvalue weighted by Gasteiger charge is -2.22. The van der Waals surface area contributed by atoms with Crippen molar-refractivity contribution in [1.82, 2.24) is 9.78 Å². The molecule has 1 heterocycles. The first-order valence-electron chi connectivity index (χ1n) is 6.50. The van der Waals surface area contributed by atoms with E-state index in [1.54, 1.807) is 0 Å². The number of aryl methyl sites for hydroxylation is 1. The second kappa shape index (κ2) is 5.00. The number of rotatable bonds is 4. The molecule has 1 aromatic rings. The summed E-state index contributed by atoms with van der Waals surface area (Å²) in [4.78, 5) is 0. The minimum absolute atomic E-state index is 0.183. The minimum atomic E-state index is 0.183. The molecule has 3 heteroatoms. The molecule has 3 unspecified atom stereocenters. The predicted octanol–water partition coefficient (Wildman–Crippen LogP) is 2.73. The summed E-state index contributed by atoms with van der Waals surface area (Å²) in [5, 5.41) is 4.36. The molecule has 0 aliphatic heterocycles. The van der Waals surface area contributed by atoms with Crippen molar-refractivity contribution in [1.29, 1.82) is 0 Å². The summed E-state index contributed by atoms with van der Waals surface area (Å²) in [7, 11) is 0. The van der Waals surface area contributed by atoms with Crippen LogP contribution in [0.15, 0.2) is 12.4 Å². The zero-order chi connectivity index (χ0) is 11.5. The van der Waals surface area contributed by atoms with Crippen LogP contribution in [0.5, 0.6) is 0 Å². The van der Waals surface area contributed by atoms with Gasteiger partial charge in [0.2, 0.25) is 0 Å². The third kappa shape index (κ3) is 2.29. The lowest BCUT2D eigenvalue weighted by molar-refractivity contribution is 0.351. The number of aromatic nitrogens is 2. The summed E-state index contributed by atoms with van der Waals surface area (Å²) in [6, 6.07) is 0.183. The van der Waals surface area contributed by atoms with Crippen molar-refractivity contribution in [2.24, 2.45) is 17.6 Å². The van der Waals surface area contributed by atoms with Crippen molar-refractivity contribution in [3.63, 3.8) is 0 Å².